The minimum absolute atomic E-state index is 0.229. The Morgan fingerprint density at radius 2 is 1.75 bits per heavy atom. The maximum atomic E-state index is 12.6. The van der Waals surface area contributed by atoms with Crippen LogP contribution in [0.1, 0.15) is 16.2 Å². The van der Waals surface area contributed by atoms with Crippen molar-refractivity contribution in [2.75, 3.05) is 24.9 Å². The van der Waals surface area contributed by atoms with Crippen molar-refractivity contribution >= 4 is 34.8 Å². The molecule has 144 valence electrons. The predicted molar refractivity (Wildman–Crippen MR) is 109 cm³/mol. The Kier molecular flexibility index (Phi) is 5.96. The molecule has 0 aliphatic rings. The van der Waals surface area contributed by atoms with E-state index in [1.807, 2.05) is 0 Å². The van der Waals surface area contributed by atoms with Gasteiger partial charge in [-0.2, -0.15) is 0 Å². The van der Waals surface area contributed by atoms with Crippen molar-refractivity contribution in [3.8, 4) is 11.5 Å². The Bertz CT molecular complexity index is 993. The highest BCUT2D eigenvalue weighted by molar-refractivity contribution is 6.30. The van der Waals surface area contributed by atoms with Crippen LogP contribution in [0.25, 0.3) is 0 Å². The van der Waals surface area contributed by atoms with Gasteiger partial charge in [-0.25, -0.2) is 9.97 Å². The molecular weight excluding hydrogens is 380 g/mol. The van der Waals surface area contributed by atoms with Crippen molar-refractivity contribution in [2.45, 2.75) is 6.92 Å². The lowest BCUT2D eigenvalue weighted by Crippen LogP contribution is -2.15. The standard InChI is InChI=1S/C20H19ClN4O3/c1-12-10-17(19(26)23-14-6-4-13(21)5-7-14)25-20(22-12)24-16-11-15(27-2)8-9-18(16)28-3/h4-11H,1-3H3,(H,23,26)(H,22,24,25). The normalized spacial score (nSPS) is 10.3. The van der Waals surface area contributed by atoms with E-state index in [0.29, 0.717) is 33.6 Å². The lowest BCUT2D eigenvalue weighted by molar-refractivity contribution is 0.102. The summed E-state index contributed by atoms with van der Waals surface area (Å²) in [7, 11) is 3.14. The lowest BCUT2D eigenvalue weighted by Gasteiger charge is -2.13. The van der Waals surface area contributed by atoms with Crippen molar-refractivity contribution in [1.82, 2.24) is 9.97 Å². The van der Waals surface area contributed by atoms with Crippen molar-refractivity contribution < 1.29 is 14.3 Å². The van der Waals surface area contributed by atoms with Gasteiger partial charge in [0.1, 0.15) is 17.2 Å². The SMILES string of the molecule is COc1ccc(OC)c(Nc2nc(C)cc(C(=O)Nc3ccc(Cl)cc3)n2)c1. The molecule has 0 saturated carbocycles. The van der Waals surface area contributed by atoms with E-state index in [2.05, 4.69) is 20.6 Å². The number of ether oxygens (including phenoxy) is 2. The molecule has 0 aliphatic carbocycles. The zero-order valence-corrected chi connectivity index (χ0v) is 16.4. The Hall–Kier alpha value is -3.32. The quantitative estimate of drug-likeness (QED) is 0.638. The first-order valence-electron chi connectivity index (χ1n) is 8.40. The Morgan fingerprint density at radius 3 is 2.43 bits per heavy atom. The summed E-state index contributed by atoms with van der Waals surface area (Å²) in [6, 6.07) is 13.8. The molecule has 2 aromatic carbocycles. The van der Waals surface area contributed by atoms with Crippen LogP contribution in [0.3, 0.4) is 0 Å². The largest absolute Gasteiger partial charge is 0.497 e. The third-order valence-electron chi connectivity index (χ3n) is 3.84. The van der Waals surface area contributed by atoms with Crippen LogP contribution >= 0.6 is 11.6 Å². The molecule has 0 atom stereocenters. The number of methoxy groups -OCH3 is 2. The molecule has 1 heterocycles. The van der Waals surface area contributed by atoms with Gasteiger partial charge in [0.15, 0.2) is 0 Å². The number of carbonyl (C=O) groups is 1. The number of hydrogen-bond acceptors (Lipinski definition) is 6. The highest BCUT2D eigenvalue weighted by atomic mass is 35.5. The molecule has 1 amide bonds. The van der Waals surface area contributed by atoms with Crippen molar-refractivity contribution in [3.63, 3.8) is 0 Å². The number of anilines is 3. The number of nitrogens with one attached hydrogen (secondary N) is 2. The van der Waals surface area contributed by atoms with Crippen molar-refractivity contribution in [3.05, 3.63) is 64.9 Å². The molecule has 0 aliphatic heterocycles. The summed E-state index contributed by atoms with van der Waals surface area (Å²) in [6.45, 7) is 1.79. The smallest absolute Gasteiger partial charge is 0.274 e. The van der Waals surface area contributed by atoms with E-state index < -0.39 is 0 Å². The zero-order chi connectivity index (χ0) is 20.1. The van der Waals surface area contributed by atoms with E-state index in [9.17, 15) is 4.79 Å². The van der Waals surface area contributed by atoms with Crippen LogP contribution in [0.4, 0.5) is 17.3 Å². The van der Waals surface area contributed by atoms with E-state index >= 15 is 0 Å². The van der Waals surface area contributed by atoms with Gasteiger partial charge in [0.25, 0.3) is 5.91 Å². The summed E-state index contributed by atoms with van der Waals surface area (Å²) in [6.07, 6.45) is 0. The van der Waals surface area contributed by atoms with Crippen LogP contribution < -0.4 is 20.1 Å². The maximum absolute atomic E-state index is 12.6. The van der Waals surface area contributed by atoms with E-state index in [1.54, 1.807) is 69.7 Å². The van der Waals surface area contributed by atoms with Gasteiger partial charge >= 0.3 is 0 Å². The summed E-state index contributed by atoms with van der Waals surface area (Å²) in [5.41, 5.74) is 2.11. The van der Waals surface area contributed by atoms with E-state index in [4.69, 9.17) is 21.1 Å². The van der Waals surface area contributed by atoms with Crippen molar-refractivity contribution in [1.29, 1.82) is 0 Å². The zero-order valence-electron chi connectivity index (χ0n) is 15.6. The summed E-state index contributed by atoms with van der Waals surface area (Å²) in [5, 5.41) is 6.46. The van der Waals surface area contributed by atoms with Gasteiger partial charge in [0, 0.05) is 22.5 Å². The molecule has 3 rings (SSSR count). The second-order valence-corrected chi connectivity index (χ2v) is 6.31. The molecule has 2 N–H and O–H groups in total. The highest BCUT2D eigenvalue weighted by Gasteiger charge is 2.13. The van der Waals surface area contributed by atoms with E-state index in [-0.39, 0.29) is 17.5 Å². The summed E-state index contributed by atoms with van der Waals surface area (Å²) < 4.78 is 10.6. The van der Waals surface area contributed by atoms with E-state index in [0.717, 1.165) is 0 Å². The number of aryl methyl sites for hydroxylation is 1. The Labute approximate surface area is 167 Å². The van der Waals surface area contributed by atoms with Crippen LogP contribution in [0.2, 0.25) is 5.02 Å². The number of hydrogen-bond donors (Lipinski definition) is 2. The van der Waals surface area contributed by atoms with Gasteiger partial charge in [0.2, 0.25) is 5.95 Å². The molecule has 0 spiro atoms. The number of nitrogens with zero attached hydrogens (tertiary/aromatic N) is 2. The van der Waals surface area contributed by atoms with Crippen LogP contribution in [0.15, 0.2) is 48.5 Å². The fourth-order valence-corrected chi connectivity index (χ4v) is 2.63. The summed E-state index contributed by atoms with van der Waals surface area (Å²) in [5.74, 6) is 1.16. The third kappa shape index (κ3) is 4.69. The first-order valence-corrected chi connectivity index (χ1v) is 8.78. The second-order valence-electron chi connectivity index (χ2n) is 5.87. The Balaban J connectivity index is 1.85. The number of benzene rings is 2. The third-order valence-corrected chi connectivity index (χ3v) is 4.09. The van der Waals surface area contributed by atoms with Gasteiger partial charge in [0.05, 0.1) is 19.9 Å². The number of rotatable bonds is 6. The fraction of sp³-hybridized carbons (Fsp3) is 0.150. The molecule has 0 saturated heterocycles. The number of amides is 1. The highest BCUT2D eigenvalue weighted by Crippen LogP contribution is 2.30. The van der Waals surface area contributed by atoms with Crippen molar-refractivity contribution in [2.24, 2.45) is 0 Å². The summed E-state index contributed by atoms with van der Waals surface area (Å²) >= 11 is 5.87. The molecule has 0 bridgehead atoms. The van der Waals surface area contributed by atoms with Gasteiger partial charge in [-0.1, -0.05) is 11.6 Å². The lowest BCUT2D eigenvalue weighted by atomic mass is 10.2. The molecule has 28 heavy (non-hydrogen) atoms. The van der Waals surface area contributed by atoms with Crippen LogP contribution in [-0.2, 0) is 0 Å². The first-order chi connectivity index (χ1) is 13.5. The molecule has 0 fully saturated rings. The molecule has 8 heteroatoms. The average molecular weight is 399 g/mol. The van der Waals surface area contributed by atoms with E-state index in [1.165, 1.54) is 0 Å². The first kappa shape index (κ1) is 19.4. The number of aromatic nitrogens is 2. The molecule has 0 radical (unpaired) electrons. The maximum Gasteiger partial charge on any atom is 0.274 e. The summed E-state index contributed by atoms with van der Waals surface area (Å²) in [4.78, 5) is 21.2. The number of halogens is 1. The second kappa shape index (κ2) is 8.58. The monoisotopic (exact) mass is 398 g/mol. The predicted octanol–water partition coefficient (Wildman–Crippen LogP) is 4.45. The topological polar surface area (TPSA) is 85.4 Å². The molecule has 3 aromatic rings. The minimum atomic E-state index is -0.353. The Morgan fingerprint density at radius 1 is 1.00 bits per heavy atom. The van der Waals surface area contributed by atoms with Gasteiger partial charge in [-0.05, 0) is 49.4 Å². The van der Waals surface area contributed by atoms with Crippen LogP contribution in [0.5, 0.6) is 11.5 Å². The van der Waals surface area contributed by atoms with Crippen LogP contribution in [0, 0.1) is 6.92 Å². The molecular formula is C20H19ClN4O3. The molecule has 1 aromatic heterocycles. The fourth-order valence-electron chi connectivity index (χ4n) is 2.50. The average Bonchev–Trinajstić information content (AvgIpc) is 2.69. The molecule has 7 nitrogen and oxygen atoms in total. The number of carbonyl (C=O) groups excluding carboxylic acids is 1. The van der Waals surface area contributed by atoms with Gasteiger partial charge in [-0.3, -0.25) is 4.79 Å². The van der Waals surface area contributed by atoms with Crippen LogP contribution in [-0.4, -0.2) is 30.1 Å². The van der Waals surface area contributed by atoms with Gasteiger partial charge < -0.3 is 20.1 Å². The minimum Gasteiger partial charge on any atom is -0.497 e. The molecule has 0 unspecified atom stereocenters. The van der Waals surface area contributed by atoms with Gasteiger partial charge in [-0.15, -0.1) is 0 Å².